The molecule has 15 heavy (non-hydrogen) atoms. The van der Waals surface area contributed by atoms with Crippen molar-refractivity contribution in [2.24, 2.45) is 5.92 Å². The van der Waals surface area contributed by atoms with Crippen LogP contribution in [0.25, 0.3) is 0 Å². The van der Waals surface area contributed by atoms with Crippen molar-refractivity contribution in [2.45, 2.75) is 13.8 Å². The zero-order valence-corrected chi connectivity index (χ0v) is 9.62. The highest BCUT2D eigenvalue weighted by Crippen LogP contribution is 1.93. The molecule has 5 heteroatoms. The van der Waals surface area contributed by atoms with Crippen molar-refractivity contribution in [1.82, 2.24) is 0 Å². The molecule has 0 N–H and O–H groups in total. The normalized spacial score (nSPS) is 10.7. The molecule has 86 valence electrons. The van der Waals surface area contributed by atoms with Crippen LogP contribution in [0, 0.1) is 5.92 Å². The van der Waals surface area contributed by atoms with Crippen molar-refractivity contribution in [3.8, 4) is 0 Å². The summed E-state index contributed by atoms with van der Waals surface area (Å²) in [6.07, 6.45) is 2.06. The first-order valence-corrected chi connectivity index (χ1v) is 5.17. The molecule has 0 saturated carbocycles. The highest BCUT2D eigenvalue weighted by Gasteiger charge is 2.01. The van der Waals surface area contributed by atoms with Crippen molar-refractivity contribution in [3.63, 3.8) is 0 Å². The van der Waals surface area contributed by atoms with Gasteiger partial charge in [0.25, 0.3) is 0 Å². The van der Waals surface area contributed by atoms with E-state index in [4.69, 9.17) is 16.3 Å². The summed E-state index contributed by atoms with van der Waals surface area (Å²) in [4.78, 5) is 21.9. The van der Waals surface area contributed by atoms with E-state index in [9.17, 15) is 9.59 Å². The van der Waals surface area contributed by atoms with E-state index in [-0.39, 0.29) is 18.4 Å². The van der Waals surface area contributed by atoms with E-state index >= 15 is 0 Å². The van der Waals surface area contributed by atoms with Crippen LogP contribution in [0.2, 0.25) is 0 Å². The predicted molar refractivity (Wildman–Crippen MR) is 56.6 cm³/mol. The number of ether oxygens (including phenoxy) is 2. The number of esters is 2. The largest absolute Gasteiger partial charge is 0.462 e. The molecule has 0 aliphatic rings. The number of rotatable bonds is 6. The zero-order chi connectivity index (χ0) is 11.7. The van der Waals surface area contributed by atoms with Crippen molar-refractivity contribution < 1.29 is 19.1 Å². The van der Waals surface area contributed by atoms with E-state index in [1.54, 1.807) is 0 Å². The zero-order valence-electron chi connectivity index (χ0n) is 8.86. The van der Waals surface area contributed by atoms with Gasteiger partial charge in [-0.05, 0) is 5.92 Å². The molecule has 0 unspecified atom stereocenters. The lowest BCUT2D eigenvalue weighted by atomic mass is 10.2. The molecule has 0 atom stereocenters. The highest BCUT2D eigenvalue weighted by atomic mass is 35.5. The summed E-state index contributed by atoms with van der Waals surface area (Å²) in [6.45, 7) is 4.31. The number of carbonyl (C=O) groups excluding carboxylic acids is 2. The van der Waals surface area contributed by atoms with Crippen LogP contribution in [0.5, 0.6) is 0 Å². The fourth-order valence-electron chi connectivity index (χ4n) is 0.620. The summed E-state index contributed by atoms with van der Waals surface area (Å²) >= 11 is 5.30. The molecule has 0 aromatic heterocycles. The average molecular weight is 235 g/mol. The van der Waals surface area contributed by atoms with Gasteiger partial charge in [-0.3, -0.25) is 0 Å². The van der Waals surface area contributed by atoms with Crippen molar-refractivity contribution in [2.75, 3.05) is 19.1 Å². The van der Waals surface area contributed by atoms with Crippen LogP contribution in [0.15, 0.2) is 12.2 Å². The van der Waals surface area contributed by atoms with Gasteiger partial charge in [-0.1, -0.05) is 13.8 Å². The third-order valence-corrected chi connectivity index (χ3v) is 1.39. The SMILES string of the molecule is CC(C)COC(=O)/C=C/C(=O)OCCCl. The molecule has 0 bridgehead atoms. The molecule has 0 aromatic rings. The Balaban J connectivity index is 3.74. The smallest absolute Gasteiger partial charge is 0.331 e. The molecule has 0 spiro atoms. The van der Waals surface area contributed by atoms with Crippen molar-refractivity contribution >= 4 is 23.5 Å². The summed E-state index contributed by atoms with van der Waals surface area (Å²) in [7, 11) is 0. The lowest BCUT2D eigenvalue weighted by Crippen LogP contribution is -2.09. The Labute approximate surface area is 94.2 Å². The Bertz CT molecular complexity index is 236. The lowest BCUT2D eigenvalue weighted by Gasteiger charge is -2.03. The molecule has 0 saturated heterocycles. The third-order valence-electron chi connectivity index (χ3n) is 1.24. The maximum Gasteiger partial charge on any atom is 0.331 e. The Morgan fingerprint density at radius 3 is 2.20 bits per heavy atom. The highest BCUT2D eigenvalue weighted by molar-refractivity contribution is 6.18. The molecular formula is C10H15ClO4. The van der Waals surface area contributed by atoms with Crippen molar-refractivity contribution in [1.29, 1.82) is 0 Å². The summed E-state index contributed by atoms with van der Waals surface area (Å²) in [5, 5.41) is 0. The predicted octanol–water partition coefficient (Wildman–Crippen LogP) is 1.52. The van der Waals surface area contributed by atoms with E-state index in [1.807, 2.05) is 13.8 Å². The van der Waals surface area contributed by atoms with E-state index < -0.39 is 11.9 Å². The molecule has 0 amide bonds. The van der Waals surface area contributed by atoms with Gasteiger partial charge in [-0.2, -0.15) is 0 Å². The Morgan fingerprint density at radius 2 is 1.73 bits per heavy atom. The number of hydrogen-bond acceptors (Lipinski definition) is 4. The molecular weight excluding hydrogens is 220 g/mol. The summed E-state index contributed by atoms with van der Waals surface area (Å²) in [5.74, 6) is -0.647. The molecule has 0 aliphatic carbocycles. The first kappa shape index (κ1) is 14.0. The molecule has 0 aliphatic heterocycles. The average Bonchev–Trinajstić information content (AvgIpc) is 2.20. The second kappa shape index (κ2) is 8.29. The summed E-state index contributed by atoms with van der Waals surface area (Å²) < 4.78 is 9.40. The van der Waals surface area contributed by atoms with Gasteiger partial charge in [0, 0.05) is 12.2 Å². The second-order valence-corrected chi connectivity index (χ2v) is 3.59. The Hall–Kier alpha value is -1.03. The van der Waals surface area contributed by atoms with Crippen LogP contribution in [0.3, 0.4) is 0 Å². The maximum absolute atomic E-state index is 11.0. The van der Waals surface area contributed by atoms with Gasteiger partial charge in [0.15, 0.2) is 0 Å². The quantitative estimate of drug-likeness (QED) is 0.397. The van der Waals surface area contributed by atoms with E-state index in [0.717, 1.165) is 12.2 Å². The van der Waals surface area contributed by atoms with Crippen LogP contribution >= 0.6 is 11.6 Å². The number of alkyl halides is 1. The third kappa shape index (κ3) is 9.28. The van der Waals surface area contributed by atoms with Gasteiger partial charge in [0.1, 0.15) is 6.61 Å². The standard InChI is InChI=1S/C10H15ClO4/c1-8(2)7-15-10(13)4-3-9(12)14-6-5-11/h3-4,8H,5-7H2,1-2H3/b4-3+. The number of halogens is 1. The van der Waals surface area contributed by atoms with Gasteiger partial charge >= 0.3 is 11.9 Å². The van der Waals surface area contributed by atoms with Gasteiger partial charge < -0.3 is 9.47 Å². The summed E-state index contributed by atoms with van der Waals surface area (Å²) in [6, 6.07) is 0. The van der Waals surface area contributed by atoms with E-state index in [0.29, 0.717) is 6.61 Å². The monoisotopic (exact) mass is 234 g/mol. The number of hydrogen-bond donors (Lipinski definition) is 0. The Morgan fingerprint density at radius 1 is 1.20 bits per heavy atom. The summed E-state index contributed by atoms with van der Waals surface area (Å²) in [5.41, 5.74) is 0. The second-order valence-electron chi connectivity index (χ2n) is 3.21. The molecule has 0 rings (SSSR count). The van der Waals surface area contributed by atoms with Crippen LogP contribution in [0.1, 0.15) is 13.8 Å². The fraction of sp³-hybridized carbons (Fsp3) is 0.600. The molecule has 4 nitrogen and oxygen atoms in total. The maximum atomic E-state index is 11.0. The molecule has 0 radical (unpaired) electrons. The van der Waals surface area contributed by atoms with Crippen molar-refractivity contribution in [3.05, 3.63) is 12.2 Å². The Kier molecular flexibility index (Phi) is 7.72. The lowest BCUT2D eigenvalue weighted by molar-refractivity contribution is -0.140. The fourth-order valence-corrected chi connectivity index (χ4v) is 0.697. The minimum atomic E-state index is -0.600. The van der Waals surface area contributed by atoms with E-state index in [1.165, 1.54) is 0 Å². The van der Waals surface area contributed by atoms with Gasteiger partial charge in [0.05, 0.1) is 12.5 Å². The van der Waals surface area contributed by atoms with E-state index in [2.05, 4.69) is 4.74 Å². The minimum absolute atomic E-state index is 0.131. The van der Waals surface area contributed by atoms with Gasteiger partial charge in [-0.15, -0.1) is 11.6 Å². The first-order chi connectivity index (χ1) is 7.06. The van der Waals surface area contributed by atoms with Gasteiger partial charge in [-0.25, -0.2) is 9.59 Å². The first-order valence-electron chi connectivity index (χ1n) is 4.63. The van der Waals surface area contributed by atoms with Crippen LogP contribution in [0.4, 0.5) is 0 Å². The van der Waals surface area contributed by atoms with Crippen LogP contribution < -0.4 is 0 Å². The van der Waals surface area contributed by atoms with Crippen LogP contribution in [-0.2, 0) is 19.1 Å². The van der Waals surface area contributed by atoms with Crippen LogP contribution in [-0.4, -0.2) is 31.0 Å². The molecule has 0 aromatic carbocycles. The molecule has 0 heterocycles. The number of carbonyl (C=O) groups is 2. The topological polar surface area (TPSA) is 52.6 Å². The van der Waals surface area contributed by atoms with Gasteiger partial charge in [0.2, 0.25) is 0 Å². The minimum Gasteiger partial charge on any atom is -0.462 e. The molecule has 0 fully saturated rings.